The van der Waals surface area contributed by atoms with Gasteiger partial charge in [0.25, 0.3) is 0 Å². The summed E-state index contributed by atoms with van der Waals surface area (Å²) < 4.78 is 31.4. The maximum absolute atomic E-state index is 10.5. The van der Waals surface area contributed by atoms with Gasteiger partial charge in [-0.25, -0.2) is 8.42 Å². The molecule has 0 saturated heterocycles. The maximum atomic E-state index is 10.5. The lowest BCUT2D eigenvalue weighted by molar-refractivity contribution is -0.297. The zero-order valence-corrected chi connectivity index (χ0v) is 11.6. The number of benzene rings is 1. The molecule has 0 aliphatic heterocycles. The summed E-state index contributed by atoms with van der Waals surface area (Å²) in [7, 11) is -4.31. The molecule has 0 bridgehead atoms. The molecule has 0 radical (unpaired) electrons. The Bertz CT molecular complexity index is 508. The number of rotatable bonds is 3. The molecule has 0 fully saturated rings. The average Bonchev–Trinajstić information content (AvgIpc) is 2.29. The third-order valence-electron chi connectivity index (χ3n) is 1.57. The van der Waals surface area contributed by atoms with Crippen molar-refractivity contribution >= 4 is 22.2 Å². The smallest absolute Gasteiger partial charge is 0.124 e. The molecule has 7 nitrogen and oxygen atoms in total. The summed E-state index contributed by atoms with van der Waals surface area (Å²) in [6, 6.07) is 5.58. The van der Waals surface area contributed by atoms with Crippen LogP contribution >= 0.6 is 0 Å². The number of hydrogen-bond donors (Lipinski definition) is 2. The molecule has 0 aliphatic rings. The van der Waals surface area contributed by atoms with E-state index in [-0.39, 0.29) is 17.2 Å². The van der Waals surface area contributed by atoms with Gasteiger partial charge in [0, 0.05) is 0 Å². The van der Waals surface area contributed by atoms with Gasteiger partial charge in [0.15, 0.2) is 0 Å². The van der Waals surface area contributed by atoms with Gasteiger partial charge in [0.2, 0.25) is 0 Å². The topological polar surface area (TPSA) is 170 Å². The quantitative estimate of drug-likeness (QED) is 0.621. The second-order valence-corrected chi connectivity index (χ2v) is 4.13. The molecule has 8 N–H and O–H groups in total. The molecule has 1 aromatic rings. The van der Waals surface area contributed by atoms with E-state index in [4.69, 9.17) is 9.90 Å². The Morgan fingerprint density at radius 2 is 1.47 bits per heavy atom. The first-order valence-corrected chi connectivity index (χ1v) is 5.74. The summed E-state index contributed by atoms with van der Waals surface area (Å²) in [4.78, 5) is 8.92. The van der Waals surface area contributed by atoms with E-state index in [1.54, 1.807) is 6.08 Å². The van der Waals surface area contributed by atoms with E-state index in [1.807, 2.05) is 0 Å². The minimum atomic E-state index is -4.31. The molecule has 1 aromatic carbocycles. The van der Waals surface area contributed by atoms with Crippen LogP contribution in [0.15, 0.2) is 48.4 Å². The van der Waals surface area contributed by atoms with Crippen LogP contribution in [0.25, 0.3) is 6.08 Å². The summed E-state index contributed by atoms with van der Waals surface area (Å²) in [5, 5.41) is 9.14. The Morgan fingerprint density at radius 1 is 1.11 bits per heavy atom. The van der Waals surface area contributed by atoms with Gasteiger partial charge in [-0.3, -0.25) is 0 Å². The van der Waals surface area contributed by atoms with Gasteiger partial charge in [-0.05, 0) is 23.8 Å². The zero-order valence-electron chi connectivity index (χ0n) is 10.8. The lowest BCUT2D eigenvalue weighted by Gasteiger charge is -2.05. The lowest BCUT2D eigenvalue weighted by Crippen LogP contribution is -2.17. The number of quaternary nitrogens is 2. The van der Waals surface area contributed by atoms with Crippen molar-refractivity contribution in [2.45, 2.75) is 4.90 Å². The van der Waals surface area contributed by atoms with E-state index in [9.17, 15) is 13.0 Å². The highest BCUT2D eigenvalue weighted by molar-refractivity contribution is 7.85. The highest BCUT2D eigenvalue weighted by Crippen LogP contribution is 2.10. The Balaban J connectivity index is -0.000000320. The summed E-state index contributed by atoms with van der Waals surface area (Å²) in [6.45, 7) is 6.39. The first-order valence-electron chi connectivity index (χ1n) is 4.33. The minimum Gasteiger partial charge on any atom is -0.744 e. The first-order chi connectivity index (χ1) is 7.81. The van der Waals surface area contributed by atoms with E-state index >= 15 is 0 Å². The van der Waals surface area contributed by atoms with Crippen molar-refractivity contribution < 1.29 is 22.9 Å². The highest BCUT2D eigenvalue weighted by atomic mass is 32.2. The molecule has 8 heteroatoms. The predicted octanol–water partition coefficient (Wildman–Crippen LogP) is 0.908. The Kier molecular flexibility index (Phi) is 11.7. The number of carboxylic acid groups (broad SMARTS) is 1. The lowest BCUT2D eigenvalue weighted by atomic mass is 10.2. The van der Waals surface area contributed by atoms with Crippen molar-refractivity contribution in [1.29, 1.82) is 0 Å². The van der Waals surface area contributed by atoms with Crippen molar-refractivity contribution in [3.8, 4) is 0 Å². The SMILES string of the molecule is C=CC(=O)[O-].C=Cc1ccc(S(=O)(=O)[O-])cc1.[NH4+].[NH4+]. The molecule has 108 valence electrons. The molecular formula is C11H18N2O5S. The maximum Gasteiger partial charge on any atom is 0.124 e. The molecule has 0 unspecified atom stereocenters. The predicted molar refractivity (Wildman–Crippen MR) is 71.7 cm³/mol. The Hall–Kier alpha value is -2.00. The van der Waals surface area contributed by atoms with Crippen molar-refractivity contribution in [2.75, 3.05) is 0 Å². The molecule has 0 aromatic heterocycles. The first kappa shape index (κ1) is 22.2. The van der Waals surface area contributed by atoms with E-state index in [1.165, 1.54) is 24.3 Å². The second kappa shape index (κ2) is 9.97. The molecule has 0 atom stereocenters. The van der Waals surface area contributed by atoms with Crippen molar-refractivity contribution in [1.82, 2.24) is 12.3 Å². The fraction of sp³-hybridized carbons (Fsp3) is 0. The standard InChI is InChI=1S/C8H8O3S.C3H4O2.2H3N/c1-2-7-3-5-8(6-4-7)12(9,10)11;1-2-3(4)5;;/h2-6H,1H2,(H,9,10,11);2H,1H2,(H,4,5);2*1H3. The van der Waals surface area contributed by atoms with Crippen LogP contribution < -0.4 is 17.4 Å². The van der Waals surface area contributed by atoms with Crippen LogP contribution in [-0.2, 0) is 14.9 Å². The Morgan fingerprint density at radius 3 is 1.68 bits per heavy atom. The molecule has 19 heavy (non-hydrogen) atoms. The molecule has 0 saturated carbocycles. The van der Waals surface area contributed by atoms with E-state index in [0.717, 1.165) is 11.6 Å². The molecule has 0 aliphatic carbocycles. The third-order valence-corrected chi connectivity index (χ3v) is 2.42. The highest BCUT2D eigenvalue weighted by Gasteiger charge is 1.98. The molecular weight excluding hydrogens is 272 g/mol. The van der Waals surface area contributed by atoms with Crippen LogP contribution in [0.4, 0.5) is 0 Å². The van der Waals surface area contributed by atoms with E-state index in [2.05, 4.69) is 13.2 Å². The molecule has 1 rings (SSSR count). The van der Waals surface area contributed by atoms with Crippen LogP contribution in [0.1, 0.15) is 5.56 Å². The third kappa shape index (κ3) is 9.68. The minimum absolute atomic E-state index is 0. The summed E-state index contributed by atoms with van der Waals surface area (Å²) in [6.07, 6.45) is 2.29. The van der Waals surface area contributed by atoms with Gasteiger partial charge in [0.1, 0.15) is 10.1 Å². The molecule has 0 amide bonds. The zero-order chi connectivity index (χ0) is 13.5. The van der Waals surface area contributed by atoms with Crippen LogP contribution in [0.5, 0.6) is 0 Å². The van der Waals surface area contributed by atoms with Gasteiger partial charge >= 0.3 is 0 Å². The number of hydrogen-bond acceptors (Lipinski definition) is 5. The number of carboxylic acids is 1. The van der Waals surface area contributed by atoms with Crippen LogP contribution in [0, 0.1) is 0 Å². The largest absolute Gasteiger partial charge is 0.744 e. The van der Waals surface area contributed by atoms with Gasteiger partial charge in [0.05, 0.1) is 10.9 Å². The van der Waals surface area contributed by atoms with E-state index in [0.29, 0.717) is 0 Å². The molecule has 0 heterocycles. The summed E-state index contributed by atoms with van der Waals surface area (Å²) >= 11 is 0. The van der Waals surface area contributed by atoms with Gasteiger partial charge in [-0.2, -0.15) is 0 Å². The number of carbonyl (C=O) groups is 1. The normalized spacial score (nSPS) is 8.68. The molecule has 0 spiro atoms. The average molecular weight is 290 g/mol. The fourth-order valence-corrected chi connectivity index (χ4v) is 1.24. The fourth-order valence-electron chi connectivity index (χ4n) is 0.771. The van der Waals surface area contributed by atoms with Crippen molar-refractivity contribution in [3.63, 3.8) is 0 Å². The summed E-state index contributed by atoms with van der Waals surface area (Å²) in [5.41, 5.74) is 0.780. The van der Waals surface area contributed by atoms with E-state index < -0.39 is 16.1 Å². The van der Waals surface area contributed by atoms with Gasteiger partial charge in [-0.1, -0.05) is 31.4 Å². The second-order valence-electron chi connectivity index (χ2n) is 2.75. The van der Waals surface area contributed by atoms with Crippen LogP contribution in [-0.4, -0.2) is 18.9 Å². The van der Waals surface area contributed by atoms with Crippen molar-refractivity contribution in [2.24, 2.45) is 0 Å². The van der Waals surface area contributed by atoms with Gasteiger partial charge < -0.3 is 26.8 Å². The number of carbonyl (C=O) groups excluding carboxylic acids is 1. The Labute approximate surface area is 112 Å². The van der Waals surface area contributed by atoms with Gasteiger partial charge in [-0.15, -0.1) is 0 Å². The summed E-state index contributed by atoms with van der Waals surface area (Å²) in [5.74, 6) is -1.23. The van der Waals surface area contributed by atoms with Crippen LogP contribution in [0.2, 0.25) is 0 Å². The van der Waals surface area contributed by atoms with Crippen LogP contribution in [0.3, 0.4) is 0 Å². The number of aliphatic carboxylic acids is 1. The monoisotopic (exact) mass is 290 g/mol. The van der Waals surface area contributed by atoms with Crippen molar-refractivity contribution in [3.05, 3.63) is 49.1 Å².